The second-order valence-electron chi connectivity index (χ2n) is 7.76. The molecule has 0 unspecified atom stereocenters. The average Bonchev–Trinajstić information content (AvgIpc) is 2.76. The van der Waals surface area contributed by atoms with Crippen LogP contribution in [0.5, 0.6) is 11.5 Å². The maximum absolute atomic E-state index is 13.1. The Kier molecular flexibility index (Phi) is 6.23. The first-order valence-corrected chi connectivity index (χ1v) is 11.4. The second kappa shape index (κ2) is 9.08. The molecule has 0 bridgehead atoms. The topological polar surface area (TPSA) is 93.5 Å². The number of ether oxygens (including phenoxy) is 1. The number of hydrogen-bond donors (Lipinski definition) is 2. The van der Waals surface area contributed by atoms with Gasteiger partial charge in [0.05, 0.1) is 12.2 Å². The van der Waals surface area contributed by atoms with E-state index in [4.69, 9.17) is 4.74 Å². The van der Waals surface area contributed by atoms with Crippen molar-refractivity contribution in [3.05, 3.63) is 75.1 Å². The lowest BCUT2D eigenvalue weighted by molar-refractivity contribution is -0.116. The van der Waals surface area contributed by atoms with Crippen LogP contribution in [0.2, 0.25) is 0 Å². The minimum absolute atomic E-state index is 0.0185. The molecule has 2 heterocycles. The zero-order valence-electron chi connectivity index (χ0n) is 18.2. The number of nitrogens with zero attached hydrogens (tertiary/aromatic N) is 2. The Labute approximate surface area is 190 Å². The van der Waals surface area contributed by atoms with Crippen LogP contribution in [0.4, 0.5) is 5.82 Å². The molecule has 7 nitrogen and oxygen atoms in total. The van der Waals surface area contributed by atoms with E-state index in [1.54, 1.807) is 23.7 Å². The van der Waals surface area contributed by atoms with E-state index in [0.29, 0.717) is 34.6 Å². The number of fused-ring (bicyclic) bond motifs is 1. The average molecular weight is 452 g/mol. The molecule has 0 saturated carbocycles. The number of anilines is 1. The minimum Gasteiger partial charge on any atom is -0.504 e. The molecule has 0 fully saturated rings. The van der Waals surface area contributed by atoms with Crippen LogP contribution in [0.1, 0.15) is 41.5 Å². The SMILES string of the molecule is CCOc1cc([C@@H]2CC(=O)Nc3c2c(=O)nc(SCc2cccc(C)c2)n3C)ccc1O. The number of nitrogens with one attached hydrogen (secondary N) is 1. The van der Waals surface area contributed by atoms with Crippen LogP contribution in [-0.4, -0.2) is 27.2 Å². The Hall–Kier alpha value is -3.26. The smallest absolute Gasteiger partial charge is 0.279 e. The van der Waals surface area contributed by atoms with Gasteiger partial charge < -0.3 is 19.7 Å². The number of aromatic nitrogens is 2. The maximum atomic E-state index is 13.1. The third kappa shape index (κ3) is 4.36. The van der Waals surface area contributed by atoms with Gasteiger partial charge in [0.2, 0.25) is 5.91 Å². The predicted molar refractivity (Wildman–Crippen MR) is 125 cm³/mol. The van der Waals surface area contributed by atoms with Gasteiger partial charge in [-0.25, -0.2) is 0 Å². The van der Waals surface area contributed by atoms with Crippen LogP contribution in [0, 0.1) is 6.92 Å². The largest absolute Gasteiger partial charge is 0.504 e. The van der Waals surface area contributed by atoms with Gasteiger partial charge in [-0.05, 0) is 37.1 Å². The molecule has 166 valence electrons. The fraction of sp³-hybridized carbons (Fsp3) is 0.292. The van der Waals surface area contributed by atoms with Crippen molar-refractivity contribution in [2.75, 3.05) is 11.9 Å². The van der Waals surface area contributed by atoms with Gasteiger partial charge in [-0.2, -0.15) is 4.98 Å². The van der Waals surface area contributed by atoms with Gasteiger partial charge in [-0.3, -0.25) is 9.59 Å². The van der Waals surface area contributed by atoms with E-state index in [9.17, 15) is 14.7 Å². The number of amides is 1. The summed E-state index contributed by atoms with van der Waals surface area (Å²) in [6, 6.07) is 13.1. The highest BCUT2D eigenvalue weighted by Gasteiger charge is 2.32. The highest BCUT2D eigenvalue weighted by atomic mass is 32.2. The van der Waals surface area contributed by atoms with E-state index < -0.39 is 5.92 Å². The predicted octanol–water partition coefficient (Wildman–Crippen LogP) is 3.96. The zero-order valence-corrected chi connectivity index (χ0v) is 19.0. The molecule has 0 aliphatic carbocycles. The van der Waals surface area contributed by atoms with E-state index in [0.717, 1.165) is 11.1 Å². The Morgan fingerprint density at radius 1 is 1.25 bits per heavy atom. The Balaban J connectivity index is 1.71. The van der Waals surface area contributed by atoms with Crippen molar-refractivity contribution in [1.82, 2.24) is 9.55 Å². The van der Waals surface area contributed by atoms with Crippen LogP contribution in [0.3, 0.4) is 0 Å². The zero-order chi connectivity index (χ0) is 22.8. The van der Waals surface area contributed by atoms with Crippen LogP contribution in [0.15, 0.2) is 52.4 Å². The number of aryl methyl sites for hydroxylation is 1. The summed E-state index contributed by atoms with van der Waals surface area (Å²) in [4.78, 5) is 30.0. The minimum atomic E-state index is -0.472. The van der Waals surface area contributed by atoms with Gasteiger partial charge in [0.1, 0.15) is 5.82 Å². The monoisotopic (exact) mass is 451 g/mol. The fourth-order valence-electron chi connectivity index (χ4n) is 3.92. The summed E-state index contributed by atoms with van der Waals surface area (Å²) < 4.78 is 7.25. The van der Waals surface area contributed by atoms with Gasteiger partial charge in [0, 0.05) is 25.1 Å². The van der Waals surface area contributed by atoms with Crippen molar-refractivity contribution < 1.29 is 14.6 Å². The third-order valence-electron chi connectivity index (χ3n) is 5.44. The normalized spacial score (nSPS) is 15.2. The van der Waals surface area contributed by atoms with Crippen molar-refractivity contribution >= 4 is 23.5 Å². The number of carbonyl (C=O) groups is 1. The van der Waals surface area contributed by atoms with E-state index in [-0.39, 0.29) is 23.6 Å². The highest BCUT2D eigenvalue weighted by molar-refractivity contribution is 7.98. The Morgan fingerprint density at radius 2 is 2.06 bits per heavy atom. The number of rotatable bonds is 6. The number of hydrogen-bond acceptors (Lipinski definition) is 6. The van der Waals surface area contributed by atoms with E-state index in [1.807, 2.05) is 32.0 Å². The first-order chi connectivity index (χ1) is 15.4. The van der Waals surface area contributed by atoms with Gasteiger partial charge in [0.15, 0.2) is 16.7 Å². The van der Waals surface area contributed by atoms with E-state index in [2.05, 4.69) is 16.4 Å². The van der Waals surface area contributed by atoms with E-state index in [1.165, 1.54) is 23.4 Å². The molecule has 0 radical (unpaired) electrons. The van der Waals surface area contributed by atoms with Crippen molar-refractivity contribution in [2.45, 2.75) is 37.1 Å². The molecule has 8 heteroatoms. The van der Waals surface area contributed by atoms with Crippen LogP contribution in [-0.2, 0) is 17.6 Å². The summed E-state index contributed by atoms with van der Waals surface area (Å²) in [5, 5.41) is 13.4. The molecule has 2 aromatic carbocycles. The fourth-order valence-corrected chi connectivity index (χ4v) is 4.83. The molecule has 2 N–H and O–H groups in total. The number of thioether (sulfide) groups is 1. The van der Waals surface area contributed by atoms with Crippen LogP contribution < -0.4 is 15.6 Å². The van der Waals surface area contributed by atoms with Gasteiger partial charge in [-0.15, -0.1) is 0 Å². The Bertz CT molecular complexity index is 1240. The number of aromatic hydroxyl groups is 1. The number of phenolic OH excluding ortho intramolecular Hbond substituents is 1. The first kappa shape index (κ1) is 22.0. The molecule has 4 rings (SSSR count). The third-order valence-corrected chi connectivity index (χ3v) is 6.54. The molecule has 3 aromatic rings. The number of carbonyl (C=O) groups excluding carboxylic acids is 1. The lowest BCUT2D eigenvalue weighted by Gasteiger charge is -2.27. The molecule has 0 saturated heterocycles. The summed E-state index contributed by atoms with van der Waals surface area (Å²) in [5.74, 6) is 0.819. The summed E-state index contributed by atoms with van der Waals surface area (Å²) in [6.45, 7) is 4.26. The maximum Gasteiger partial charge on any atom is 0.279 e. The summed E-state index contributed by atoms with van der Waals surface area (Å²) in [7, 11) is 1.80. The first-order valence-electron chi connectivity index (χ1n) is 10.4. The summed E-state index contributed by atoms with van der Waals surface area (Å²) >= 11 is 1.45. The van der Waals surface area contributed by atoms with Gasteiger partial charge >= 0.3 is 0 Å². The standard InChI is InChI=1S/C24H25N3O4S/c1-4-31-19-11-16(8-9-18(19)28)17-12-20(29)25-22-21(17)23(30)26-24(27(22)3)32-13-15-7-5-6-14(2)10-15/h5-11,17,28H,4,12-13H2,1-3H3,(H,25,29)/t17-/m0/s1. The molecule has 32 heavy (non-hydrogen) atoms. The Morgan fingerprint density at radius 3 is 2.81 bits per heavy atom. The summed E-state index contributed by atoms with van der Waals surface area (Å²) in [6.07, 6.45) is 0.121. The molecule has 1 aromatic heterocycles. The highest BCUT2D eigenvalue weighted by Crippen LogP contribution is 2.39. The second-order valence-corrected chi connectivity index (χ2v) is 8.71. The van der Waals surface area contributed by atoms with Crippen molar-refractivity contribution in [2.24, 2.45) is 7.05 Å². The lowest BCUT2D eigenvalue weighted by Crippen LogP contribution is -2.33. The van der Waals surface area contributed by atoms with Crippen LogP contribution >= 0.6 is 11.8 Å². The number of phenols is 1. The van der Waals surface area contributed by atoms with Crippen molar-refractivity contribution in [3.63, 3.8) is 0 Å². The molecular formula is C24H25N3O4S. The van der Waals surface area contributed by atoms with E-state index >= 15 is 0 Å². The molecule has 1 aliphatic heterocycles. The number of benzene rings is 2. The van der Waals surface area contributed by atoms with Crippen molar-refractivity contribution in [3.8, 4) is 11.5 Å². The molecule has 0 spiro atoms. The molecular weight excluding hydrogens is 426 g/mol. The van der Waals surface area contributed by atoms with Gasteiger partial charge in [0.25, 0.3) is 5.56 Å². The quantitative estimate of drug-likeness (QED) is 0.435. The van der Waals surface area contributed by atoms with Crippen LogP contribution in [0.25, 0.3) is 0 Å². The summed E-state index contributed by atoms with van der Waals surface area (Å²) in [5.41, 5.74) is 3.12. The molecule has 1 amide bonds. The molecule has 1 atom stereocenters. The molecule has 1 aliphatic rings. The van der Waals surface area contributed by atoms with Gasteiger partial charge in [-0.1, -0.05) is 47.7 Å². The lowest BCUT2D eigenvalue weighted by atomic mass is 9.86. The van der Waals surface area contributed by atoms with Crippen molar-refractivity contribution in [1.29, 1.82) is 0 Å².